The second-order valence-corrected chi connectivity index (χ2v) is 5.01. The van der Waals surface area contributed by atoms with E-state index in [9.17, 15) is 4.79 Å². The summed E-state index contributed by atoms with van der Waals surface area (Å²) in [6.45, 7) is 5.01. The lowest BCUT2D eigenvalue weighted by Crippen LogP contribution is -2.19. The Balaban J connectivity index is 2.55. The van der Waals surface area contributed by atoms with Crippen molar-refractivity contribution >= 4 is 21.8 Å². The standard InChI is InChI=1S/C13H18BrNO2/c1-9(2)11(7-14)8-17-12-5-3-10(4-6-12)13(15)16/h3-6,9,11H,7-8H2,1-2H3,(H2,15,16). The van der Waals surface area contributed by atoms with Crippen molar-refractivity contribution in [3.8, 4) is 5.75 Å². The van der Waals surface area contributed by atoms with Gasteiger partial charge in [0.25, 0.3) is 0 Å². The maximum atomic E-state index is 10.9. The molecule has 0 saturated heterocycles. The van der Waals surface area contributed by atoms with Crippen molar-refractivity contribution in [2.75, 3.05) is 11.9 Å². The van der Waals surface area contributed by atoms with E-state index in [4.69, 9.17) is 10.5 Å². The number of benzene rings is 1. The van der Waals surface area contributed by atoms with E-state index in [0.29, 0.717) is 24.0 Å². The van der Waals surface area contributed by atoms with Gasteiger partial charge >= 0.3 is 0 Å². The van der Waals surface area contributed by atoms with Gasteiger partial charge in [0.1, 0.15) is 5.75 Å². The molecule has 1 rings (SSSR count). The first-order valence-corrected chi connectivity index (χ1v) is 6.75. The summed E-state index contributed by atoms with van der Waals surface area (Å²) in [6, 6.07) is 6.89. The molecule has 1 aromatic carbocycles. The number of alkyl halides is 1. The van der Waals surface area contributed by atoms with E-state index in [0.717, 1.165) is 11.1 Å². The zero-order valence-electron chi connectivity index (χ0n) is 10.2. The quantitative estimate of drug-likeness (QED) is 0.821. The largest absolute Gasteiger partial charge is 0.493 e. The van der Waals surface area contributed by atoms with Crippen LogP contribution in [0.4, 0.5) is 0 Å². The summed E-state index contributed by atoms with van der Waals surface area (Å²) in [5.74, 6) is 1.39. The Kier molecular flexibility index (Phi) is 5.48. The number of hydrogen-bond acceptors (Lipinski definition) is 2. The molecule has 0 aliphatic rings. The van der Waals surface area contributed by atoms with Crippen LogP contribution < -0.4 is 10.5 Å². The number of primary amides is 1. The zero-order valence-corrected chi connectivity index (χ0v) is 11.7. The first-order valence-electron chi connectivity index (χ1n) is 5.63. The van der Waals surface area contributed by atoms with Crippen molar-refractivity contribution in [1.82, 2.24) is 0 Å². The normalized spacial score (nSPS) is 12.5. The average molecular weight is 300 g/mol. The molecule has 0 radical (unpaired) electrons. The maximum Gasteiger partial charge on any atom is 0.248 e. The first-order chi connectivity index (χ1) is 8.04. The summed E-state index contributed by atoms with van der Waals surface area (Å²) in [5.41, 5.74) is 5.66. The minimum Gasteiger partial charge on any atom is -0.493 e. The van der Waals surface area contributed by atoms with Crippen LogP contribution in [-0.4, -0.2) is 17.8 Å². The molecule has 0 saturated carbocycles. The Hall–Kier alpha value is -1.03. The SMILES string of the molecule is CC(C)C(CBr)COc1ccc(C(N)=O)cc1. The molecule has 0 spiro atoms. The van der Waals surface area contributed by atoms with Crippen LogP contribution in [0.15, 0.2) is 24.3 Å². The van der Waals surface area contributed by atoms with Crippen LogP contribution in [-0.2, 0) is 0 Å². The average Bonchev–Trinajstić information content (AvgIpc) is 2.30. The Bertz CT molecular complexity index is 362. The molecule has 17 heavy (non-hydrogen) atoms. The molecular weight excluding hydrogens is 282 g/mol. The first kappa shape index (κ1) is 14.0. The van der Waals surface area contributed by atoms with Gasteiger partial charge in [0.05, 0.1) is 6.61 Å². The fourth-order valence-electron chi connectivity index (χ4n) is 1.33. The maximum absolute atomic E-state index is 10.9. The van der Waals surface area contributed by atoms with E-state index in [1.165, 1.54) is 0 Å². The highest BCUT2D eigenvalue weighted by Gasteiger charge is 2.12. The van der Waals surface area contributed by atoms with Crippen LogP contribution in [0.25, 0.3) is 0 Å². The molecule has 1 atom stereocenters. The number of ether oxygens (including phenoxy) is 1. The van der Waals surface area contributed by atoms with E-state index in [1.807, 2.05) is 0 Å². The molecule has 1 unspecified atom stereocenters. The van der Waals surface area contributed by atoms with Gasteiger partial charge in [0.15, 0.2) is 0 Å². The van der Waals surface area contributed by atoms with Crippen molar-refractivity contribution in [3.63, 3.8) is 0 Å². The highest BCUT2D eigenvalue weighted by Crippen LogP contribution is 2.17. The van der Waals surface area contributed by atoms with Crippen molar-refractivity contribution in [3.05, 3.63) is 29.8 Å². The van der Waals surface area contributed by atoms with Crippen LogP contribution >= 0.6 is 15.9 Å². The molecule has 0 aliphatic carbocycles. The van der Waals surface area contributed by atoms with Crippen molar-refractivity contribution < 1.29 is 9.53 Å². The third-order valence-electron chi connectivity index (χ3n) is 2.74. The van der Waals surface area contributed by atoms with Crippen LogP contribution in [0.5, 0.6) is 5.75 Å². The van der Waals surface area contributed by atoms with Gasteiger partial charge in [0.2, 0.25) is 5.91 Å². The third kappa shape index (κ3) is 4.38. The molecule has 3 nitrogen and oxygen atoms in total. The lowest BCUT2D eigenvalue weighted by atomic mass is 9.99. The van der Waals surface area contributed by atoms with Gasteiger partial charge in [-0.05, 0) is 30.2 Å². The number of carbonyl (C=O) groups is 1. The van der Waals surface area contributed by atoms with Gasteiger partial charge in [0, 0.05) is 16.8 Å². The lowest BCUT2D eigenvalue weighted by Gasteiger charge is -2.18. The zero-order chi connectivity index (χ0) is 12.8. The minimum atomic E-state index is -0.419. The Morgan fingerprint density at radius 3 is 2.35 bits per heavy atom. The van der Waals surface area contributed by atoms with Gasteiger partial charge in [-0.15, -0.1) is 0 Å². The lowest BCUT2D eigenvalue weighted by molar-refractivity contribution is 0.100. The monoisotopic (exact) mass is 299 g/mol. The molecule has 4 heteroatoms. The van der Waals surface area contributed by atoms with E-state index in [1.54, 1.807) is 24.3 Å². The van der Waals surface area contributed by atoms with Gasteiger partial charge in [-0.25, -0.2) is 0 Å². The van der Waals surface area contributed by atoms with Gasteiger partial charge in [-0.3, -0.25) is 4.79 Å². The fourth-order valence-corrected chi connectivity index (χ4v) is 2.27. The van der Waals surface area contributed by atoms with Crippen molar-refractivity contribution in [2.45, 2.75) is 13.8 Å². The number of carbonyl (C=O) groups excluding carboxylic acids is 1. The Morgan fingerprint density at radius 1 is 1.35 bits per heavy atom. The summed E-state index contributed by atoms with van der Waals surface area (Å²) < 4.78 is 5.67. The second-order valence-electron chi connectivity index (χ2n) is 4.36. The molecule has 1 aromatic rings. The third-order valence-corrected chi connectivity index (χ3v) is 3.58. The number of amides is 1. The Labute approximate surface area is 110 Å². The topological polar surface area (TPSA) is 52.3 Å². The number of nitrogens with two attached hydrogens (primary N) is 1. The summed E-state index contributed by atoms with van der Waals surface area (Å²) in [5, 5.41) is 0.921. The van der Waals surface area contributed by atoms with E-state index in [-0.39, 0.29) is 0 Å². The van der Waals surface area contributed by atoms with Crippen LogP contribution in [0.3, 0.4) is 0 Å². The van der Waals surface area contributed by atoms with Crippen LogP contribution in [0.2, 0.25) is 0 Å². The summed E-state index contributed by atoms with van der Waals surface area (Å²) >= 11 is 3.48. The number of halogens is 1. The molecular formula is C13H18BrNO2. The molecule has 0 fully saturated rings. The minimum absolute atomic E-state index is 0.419. The van der Waals surface area contributed by atoms with E-state index >= 15 is 0 Å². The molecule has 0 aromatic heterocycles. The van der Waals surface area contributed by atoms with Crippen molar-refractivity contribution in [2.24, 2.45) is 17.6 Å². The molecule has 94 valence electrons. The van der Waals surface area contributed by atoms with Gasteiger partial charge < -0.3 is 10.5 Å². The molecule has 1 amide bonds. The predicted octanol–water partition coefficient (Wildman–Crippen LogP) is 2.83. The molecule has 0 aliphatic heterocycles. The predicted molar refractivity (Wildman–Crippen MR) is 72.6 cm³/mol. The summed E-state index contributed by atoms with van der Waals surface area (Å²) in [4.78, 5) is 10.9. The molecule has 0 heterocycles. The van der Waals surface area contributed by atoms with Crippen LogP contribution in [0.1, 0.15) is 24.2 Å². The number of rotatable bonds is 6. The summed E-state index contributed by atoms with van der Waals surface area (Å²) in [6.07, 6.45) is 0. The van der Waals surface area contributed by atoms with E-state index < -0.39 is 5.91 Å². The van der Waals surface area contributed by atoms with Gasteiger partial charge in [-0.1, -0.05) is 29.8 Å². The fraction of sp³-hybridized carbons (Fsp3) is 0.462. The molecule has 0 bridgehead atoms. The second kappa shape index (κ2) is 6.64. The van der Waals surface area contributed by atoms with Crippen molar-refractivity contribution in [1.29, 1.82) is 0 Å². The Morgan fingerprint density at radius 2 is 1.94 bits per heavy atom. The van der Waals surface area contributed by atoms with Crippen LogP contribution in [0, 0.1) is 11.8 Å². The molecule has 2 N–H and O–H groups in total. The van der Waals surface area contributed by atoms with E-state index in [2.05, 4.69) is 29.8 Å². The highest BCUT2D eigenvalue weighted by atomic mass is 79.9. The van der Waals surface area contributed by atoms with Gasteiger partial charge in [-0.2, -0.15) is 0 Å². The highest BCUT2D eigenvalue weighted by molar-refractivity contribution is 9.09. The number of hydrogen-bond donors (Lipinski definition) is 1. The summed E-state index contributed by atoms with van der Waals surface area (Å²) in [7, 11) is 0. The smallest absolute Gasteiger partial charge is 0.248 e.